The molecule has 0 aromatic heterocycles. The monoisotopic (exact) mass is 454 g/mol. The van der Waals surface area contributed by atoms with Crippen LogP contribution in [-0.2, 0) is 28.6 Å². The molecular weight excluding hydrogens is 428 g/mol. The summed E-state index contributed by atoms with van der Waals surface area (Å²) in [6.07, 6.45) is -0.424. The van der Waals surface area contributed by atoms with E-state index < -0.39 is 59.3 Å². The first-order valence-corrected chi connectivity index (χ1v) is 10.5. The van der Waals surface area contributed by atoms with Gasteiger partial charge in [0.15, 0.2) is 0 Å². The van der Waals surface area contributed by atoms with E-state index >= 15 is 0 Å². The summed E-state index contributed by atoms with van der Waals surface area (Å²) in [6.45, 7) is 9.83. The summed E-state index contributed by atoms with van der Waals surface area (Å²) in [6, 6.07) is 0. The smallest absolute Gasteiger partial charge is 0.334 e. The van der Waals surface area contributed by atoms with E-state index in [1.54, 1.807) is 26.8 Å². The van der Waals surface area contributed by atoms with E-state index in [0.717, 1.165) is 0 Å². The fourth-order valence-corrected chi connectivity index (χ4v) is 5.23. The van der Waals surface area contributed by atoms with Gasteiger partial charge in [0.2, 0.25) is 0 Å². The normalized spacial score (nSPS) is 39.8. The van der Waals surface area contributed by atoms with E-state index in [2.05, 4.69) is 6.58 Å². The van der Waals surface area contributed by atoms with Crippen LogP contribution in [0.25, 0.3) is 0 Å². The number of hydrogen-bond acceptors (Lipinski definition) is 8. The van der Waals surface area contributed by atoms with Crippen molar-refractivity contribution in [1.82, 2.24) is 0 Å². The van der Waals surface area contributed by atoms with E-state index in [-0.39, 0.29) is 17.9 Å². The summed E-state index contributed by atoms with van der Waals surface area (Å²) < 4.78 is 16.5. The number of esters is 3. The standard InChI is InChI=1S/C22H27ClO8/c1-6-10(2)19(25)30-15-8-21(27,9-23)17-14(29-13(5)24)7-11(3)22(17,28)18-16(15)12(4)20(26)31-18/h6-7,14-18,27-28H,4,8-9H2,1-3,5H3/b10-6+/t14-,15-,16-,17+,18+,21+,22-/m1/s1. The van der Waals surface area contributed by atoms with Crippen LogP contribution in [0.2, 0.25) is 0 Å². The Hall–Kier alpha value is -2.16. The predicted molar refractivity (Wildman–Crippen MR) is 110 cm³/mol. The van der Waals surface area contributed by atoms with Gasteiger partial charge in [-0.2, -0.15) is 0 Å². The summed E-state index contributed by atoms with van der Waals surface area (Å²) in [7, 11) is 0. The molecule has 0 aromatic carbocycles. The van der Waals surface area contributed by atoms with E-state index in [1.807, 2.05) is 0 Å². The van der Waals surface area contributed by atoms with Gasteiger partial charge in [0.25, 0.3) is 0 Å². The van der Waals surface area contributed by atoms with Crippen molar-refractivity contribution in [2.24, 2.45) is 11.8 Å². The lowest BCUT2D eigenvalue weighted by atomic mass is 9.71. The maximum absolute atomic E-state index is 12.5. The van der Waals surface area contributed by atoms with Crippen molar-refractivity contribution >= 4 is 29.5 Å². The number of ether oxygens (including phenoxy) is 3. The molecule has 0 unspecified atom stereocenters. The van der Waals surface area contributed by atoms with Gasteiger partial charge in [-0.05, 0) is 32.4 Å². The van der Waals surface area contributed by atoms with Crippen molar-refractivity contribution in [2.45, 2.75) is 63.6 Å². The van der Waals surface area contributed by atoms with Crippen LogP contribution in [0.5, 0.6) is 0 Å². The Morgan fingerprint density at radius 1 is 1.35 bits per heavy atom. The van der Waals surface area contributed by atoms with Gasteiger partial charge in [0, 0.05) is 24.5 Å². The fourth-order valence-electron chi connectivity index (χ4n) is 4.95. The molecule has 1 aliphatic heterocycles. The van der Waals surface area contributed by atoms with Gasteiger partial charge >= 0.3 is 17.9 Å². The molecule has 2 fully saturated rings. The quantitative estimate of drug-likeness (QED) is 0.216. The second-order valence-electron chi connectivity index (χ2n) is 8.46. The molecule has 0 spiro atoms. The van der Waals surface area contributed by atoms with E-state index in [9.17, 15) is 24.6 Å². The maximum Gasteiger partial charge on any atom is 0.334 e. The van der Waals surface area contributed by atoms with Gasteiger partial charge in [0.05, 0.1) is 23.3 Å². The minimum absolute atomic E-state index is 0.0238. The zero-order chi connectivity index (χ0) is 23.3. The lowest BCUT2D eigenvalue weighted by molar-refractivity contribution is -0.183. The highest BCUT2D eigenvalue weighted by Crippen LogP contribution is 2.56. The minimum Gasteiger partial charge on any atom is -0.458 e. The van der Waals surface area contributed by atoms with Gasteiger partial charge in [0.1, 0.15) is 23.9 Å². The van der Waals surface area contributed by atoms with Crippen LogP contribution in [0.15, 0.2) is 35.5 Å². The van der Waals surface area contributed by atoms with Crippen molar-refractivity contribution < 1.29 is 38.8 Å². The summed E-state index contributed by atoms with van der Waals surface area (Å²) in [5, 5.41) is 23.5. The largest absolute Gasteiger partial charge is 0.458 e. The number of hydrogen-bond donors (Lipinski definition) is 2. The number of aliphatic hydroxyl groups is 2. The number of alkyl halides is 1. The molecule has 9 heteroatoms. The number of carbonyl (C=O) groups is 3. The Morgan fingerprint density at radius 3 is 2.55 bits per heavy atom. The highest BCUT2D eigenvalue weighted by molar-refractivity contribution is 6.18. The molecule has 3 aliphatic rings. The molecule has 170 valence electrons. The third kappa shape index (κ3) is 3.60. The van der Waals surface area contributed by atoms with Crippen molar-refractivity contribution in [3.63, 3.8) is 0 Å². The molecule has 0 amide bonds. The molecular formula is C22H27ClO8. The molecule has 8 nitrogen and oxygen atoms in total. The molecule has 31 heavy (non-hydrogen) atoms. The van der Waals surface area contributed by atoms with Crippen molar-refractivity contribution in [1.29, 1.82) is 0 Å². The van der Waals surface area contributed by atoms with Crippen LogP contribution in [0.1, 0.15) is 34.1 Å². The lowest BCUT2D eigenvalue weighted by Crippen LogP contribution is -2.59. The zero-order valence-electron chi connectivity index (χ0n) is 17.9. The minimum atomic E-state index is -1.92. The lowest BCUT2D eigenvalue weighted by Gasteiger charge is -2.43. The number of carbonyl (C=O) groups excluding carboxylic acids is 3. The molecule has 0 radical (unpaired) electrons. The molecule has 2 aliphatic carbocycles. The van der Waals surface area contributed by atoms with Crippen molar-refractivity contribution in [3.05, 3.63) is 35.5 Å². The molecule has 0 bridgehead atoms. The highest BCUT2D eigenvalue weighted by Gasteiger charge is 2.70. The summed E-state index contributed by atoms with van der Waals surface area (Å²) in [4.78, 5) is 36.6. The molecule has 3 rings (SSSR count). The van der Waals surface area contributed by atoms with Crippen LogP contribution in [0.4, 0.5) is 0 Å². The van der Waals surface area contributed by atoms with Crippen LogP contribution >= 0.6 is 11.6 Å². The molecule has 7 atom stereocenters. The Kier molecular flexibility index (Phi) is 6.12. The number of allylic oxidation sites excluding steroid dienone is 1. The van der Waals surface area contributed by atoms with Gasteiger partial charge in [-0.3, -0.25) is 4.79 Å². The van der Waals surface area contributed by atoms with Crippen LogP contribution in [0, 0.1) is 11.8 Å². The SMILES string of the molecule is C=C1C(=O)O[C@H]2[C@H]1[C@H](OC(=O)/C(C)=C/C)C[C@](O)(CCl)[C@@H]1[C@H](OC(C)=O)C=C(C)[C@]21O. The van der Waals surface area contributed by atoms with Gasteiger partial charge in [-0.1, -0.05) is 12.7 Å². The Balaban J connectivity index is 2.16. The van der Waals surface area contributed by atoms with E-state index in [1.165, 1.54) is 13.0 Å². The highest BCUT2D eigenvalue weighted by atomic mass is 35.5. The average Bonchev–Trinajstić information content (AvgIpc) is 3.11. The Bertz CT molecular complexity index is 892. The fraction of sp³-hybridized carbons (Fsp3) is 0.591. The number of fused-ring (bicyclic) bond motifs is 3. The summed E-state index contributed by atoms with van der Waals surface area (Å²) in [5.41, 5.74) is -3.03. The second-order valence-corrected chi connectivity index (χ2v) is 8.73. The van der Waals surface area contributed by atoms with Gasteiger partial charge in [-0.25, -0.2) is 9.59 Å². The molecule has 1 saturated heterocycles. The second kappa shape index (κ2) is 8.07. The predicted octanol–water partition coefficient (Wildman–Crippen LogP) is 1.57. The maximum atomic E-state index is 12.5. The first-order chi connectivity index (χ1) is 14.4. The van der Waals surface area contributed by atoms with Crippen molar-refractivity contribution in [3.8, 4) is 0 Å². The van der Waals surface area contributed by atoms with E-state index in [4.69, 9.17) is 25.8 Å². The van der Waals surface area contributed by atoms with Crippen LogP contribution < -0.4 is 0 Å². The summed E-state index contributed by atoms with van der Waals surface area (Å²) in [5.74, 6) is -4.42. The first-order valence-electron chi connectivity index (χ1n) is 10.0. The van der Waals surface area contributed by atoms with Crippen LogP contribution in [-0.4, -0.2) is 63.5 Å². The van der Waals surface area contributed by atoms with Crippen molar-refractivity contribution in [2.75, 3.05) is 5.88 Å². The third-order valence-electron chi connectivity index (χ3n) is 6.59. The van der Waals surface area contributed by atoms with Crippen LogP contribution in [0.3, 0.4) is 0 Å². The molecule has 1 heterocycles. The Labute approximate surface area is 185 Å². The third-order valence-corrected chi connectivity index (χ3v) is 7.05. The zero-order valence-corrected chi connectivity index (χ0v) is 18.6. The number of rotatable bonds is 4. The summed E-state index contributed by atoms with van der Waals surface area (Å²) >= 11 is 6.18. The topological polar surface area (TPSA) is 119 Å². The molecule has 1 saturated carbocycles. The molecule has 2 N–H and O–H groups in total. The average molecular weight is 455 g/mol. The Morgan fingerprint density at radius 2 is 2.00 bits per heavy atom. The van der Waals surface area contributed by atoms with Gasteiger partial charge in [-0.15, -0.1) is 11.6 Å². The van der Waals surface area contributed by atoms with E-state index in [0.29, 0.717) is 11.1 Å². The van der Waals surface area contributed by atoms with Gasteiger partial charge < -0.3 is 24.4 Å². The number of halogens is 1. The first kappa shape index (κ1) is 23.5. The molecule has 0 aromatic rings.